The van der Waals surface area contributed by atoms with Gasteiger partial charge in [0.05, 0.1) is 37.0 Å². The van der Waals surface area contributed by atoms with Crippen LogP contribution in [0.1, 0.15) is 23.1 Å². The number of aromatic nitrogens is 3. The number of nitrogens with zero attached hydrogens (tertiary/aromatic N) is 4. The van der Waals surface area contributed by atoms with Crippen LogP contribution in [0.3, 0.4) is 0 Å². The Labute approximate surface area is 193 Å². The van der Waals surface area contributed by atoms with E-state index in [9.17, 15) is 0 Å². The van der Waals surface area contributed by atoms with E-state index < -0.39 is 0 Å². The highest BCUT2D eigenvalue weighted by atomic mass is 16.5. The molecule has 0 amide bonds. The molecule has 0 spiro atoms. The standard InChI is InChI=1S/C26H27N5O2/c1-18-5-4-12-27-26(18)30-20-10-11-22(28-15-20)24-17-31(13-14-33-24)16-21-9-8-19-6-3-7-23(32-2)25(19)29-21/h3-12,15,24H,13-14,16-17H2,1-2H3,(H,27,30)/t24-/m0/s1. The number of fused-ring (bicyclic) bond motifs is 1. The predicted molar refractivity (Wildman–Crippen MR) is 129 cm³/mol. The molecule has 7 heteroatoms. The minimum atomic E-state index is -0.0700. The summed E-state index contributed by atoms with van der Waals surface area (Å²) in [5, 5.41) is 4.40. The van der Waals surface area contributed by atoms with E-state index in [4.69, 9.17) is 14.5 Å². The predicted octanol–water partition coefficient (Wildman–Crippen LogP) is 4.66. The van der Waals surface area contributed by atoms with Crippen LogP contribution in [0.5, 0.6) is 5.75 Å². The number of pyridine rings is 3. The van der Waals surface area contributed by atoms with Gasteiger partial charge in [0.2, 0.25) is 0 Å². The average molecular weight is 442 g/mol. The van der Waals surface area contributed by atoms with Crippen molar-refractivity contribution >= 4 is 22.4 Å². The average Bonchev–Trinajstić information content (AvgIpc) is 2.86. The smallest absolute Gasteiger partial charge is 0.145 e. The number of rotatable bonds is 6. The molecule has 33 heavy (non-hydrogen) atoms. The number of anilines is 2. The van der Waals surface area contributed by atoms with E-state index >= 15 is 0 Å². The number of hydrogen-bond acceptors (Lipinski definition) is 7. The largest absolute Gasteiger partial charge is 0.494 e. The summed E-state index contributed by atoms with van der Waals surface area (Å²) in [6.45, 7) is 5.08. The van der Waals surface area contributed by atoms with E-state index in [0.717, 1.165) is 64.7 Å². The number of nitrogens with one attached hydrogen (secondary N) is 1. The fraction of sp³-hybridized carbons (Fsp3) is 0.269. The van der Waals surface area contributed by atoms with Gasteiger partial charge in [0.1, 0.15) is 23.2 Å². The van der Waals surface area contributed by atoms with E-state index in [1.54, 1.807) is 13.3 Å². The van der Waals surface area contributed by atoms with E-state index in [0.29, 0.717) is 6.61 Å². The molecule has 0 saturated carbocycles. The monoisotopic (exact) mass is 441 g/mol. The molecule has 0 bridgehead atoms. The molecule has 3 aromatic heterocycles. The van der Waals surface area contributed by atoms with E-state index in [-0.39, 0.29) is 6.10 Å². The topological polar surface area (TPSA) is 72.4 Å². The van der Waals surface area contributed by atoms with Crippen LogP contribution in [-0.4, -0.2) is 46.7 Å². The highest BCUT2D eigenvalue weighted by Crippen LogP contribution is 2.26. The molecule has 1 atom stereocenters. The van der Waals surface area contributed by atoms with Gasteiger partial charge < -0.3 is 14.8 Å². The summed E-state index contributed by atoms with van der Waals surface area (Å²) in [4.78, 5) is 16.3. The van der Waals surface area contributed by atoms with Crippen LogP contribution in [0.4, 0.5) is 11.5 Å². The van der Waals surface area contributed by atoms with Crippen molar-refractivity contribution < 1.29 is 9.47 Å². The van der Waals surface area contributed by atoms with Crippen LogP contribution in [0.25, 0.3) is 10.9 Å². The van der Waals surface area contributed by atoms with Gasteiger partial charge in [-0.1, -0.05) is 24.3 Å². The molecule has 1 aliphatic rings. The van der Waals surface area contributed by atoms with Gasteiger partial charge in [-0.15, -0.1) is 0 Å². The highest BCUT2D eigenvalue weighted by molar-refractivity contribution is 5.84. The van der Waals surface area contributed by atoms with Crippen LogP contribution in [0.15, 0.2) is 67.0 Å². The second-order valence-corrected chi connectivity index (χ2v) is 8.19. The van der Waals surface area contributed by atoms with Gasteiger partial charge in [-0.2, -0.15) is 0 Å². The second kappa shape index (κ2) is 9.52. The molecule has 4 heterocycles. The first-order valence-electron chi connectivity index (χ1n) is 11.1. The van der Waals surface area contributed by atoms with Gasteiger partial charge in [0, 0.05) is 31.2 Å². The Hall–Kier alpha value is -3.55. The quantitative estimate of drug-likeness (QED) is 0.467. The SMILES string of the molecule is COc1cccc2ccc(CN3CCO[C@H](c4ccc(Nc5ncccc5C)cn4)C3)nc12. The van der Waals surface area contributed by atoms with E-state index in [2.05, 4.69) is 38.4 Å². The van der Waals surface area contributed by atoms with Crippen LogP contribution < -0.4 is 10.1 Å². The third kappa shape index (κ3) is 4.79. The Morgan fingerprint density at radius 2 is 2.03 bits per heavy atom. The van der Waals surface area contributed by atoms with Crippen molar-refractivity contribution in [2.45, 2.75) is 19.6 Å². The van der Waals surface area contributed by atoms with Gasteiger partial charge in [-0.25, -0.2) is 9.97 Å². The van der Waals surface area contributed by atoms with Crippen molar-refractivity contribution in [2.24, 2.45) is 0 Å². The summed E-state index contributed by atoms with van der Waals surface area (Å²) in [6, 6.07) is 18.2. The van der Waals surface area contributed by atoms with Gasteiger partial charge in [-0.3, -0.25) is 9.88 Å². The van der Waals surface area contributed by atoms with Crippen LogP contribution in [0, 0.1) is 6.92 Å². The molecule has 1 aromatic carbocycles. The fourth-order valence-corrected chi connectivity index (χ4v) is 4.09. The molecule has 4 aromatic rings. The molecule has 168 valence electrons. The lowest BCUT2D eigenvalue weighted by molar-refractivity contribution is -0.0353. The first kappa shape index (κ1) is 21.3. The Bertz CT molecular complexity index is 1250. The van der Waals surface area contributed by atoms with Crippen molar-refractivity contribution in [3.8, 4) is 5.75 Å². The lowest BCUT2D eigenvalue weighted by Crippen LogP contribution is -2.38. The maximum absolute atomic E-state index is 6.04. The van der Waals surface area contributed by atoms with Gasteiger partial charge in [0.25, 0.3) is 0 Å². The third-order valence-corrected chi connectivity index (χ3v) is 5.89. The zero-order chi connectivity index (χ0) is 22.6. The third-order valence-electron chi connectivity index (χ3n) is 5.89. The maximum Gasteiger partial charge on any atom is 0.145 e. The van der Waals surface area contributed by atoms with E-state index in [1.807, 2.05) is 49.5 Å². The summed E-state index contributed by atoms with van der Waals surface area (Å²) in [5.74, 6) is 1.64. The number of methoxy groups -OCH3 is 1. The molecule has 1 saturated heterocycles. The van der Waals surface area contributed by atoms with Crippen molar-refractivity contribution in [2.75, 3.05) is 32.1 Å². The molecular formula is C26H27N5O2. The second-order valence-electron chi connectivity index (χ2n) is 8.19. The molecule has 5 rings (SSSR count). The van der Waals surface area contributed by atoms with Crippen LogP contribution in [-0.2, 0) is 11.3 Å². The zero-order valence-corrected chi connectivity index (χ0v) is 18.9. The first-order chi connectivity index (χ1) is 16.2. The minimum absolute atomic E-state index is 0.0700. The molecule has 0 aliphatic carbocycles. The minimum Gasteiger partial charge on any atom is -0.494 e. The molecular weight excluding hydrogens is 414 g/mol. The molecule has 1 aliphatic heterocycles. The summed E-state index contributed by atoms with van der Waals surface area (Å²) >= 11 is 0. The zero-order valence-electron chi connectivity index (χ0n) is 18.9. The summed E-state index contributed by atoms with van der Waals surface area (Å²) in [5.41, 5.74) is 4.84. The summed E-state index contributed by atoms with van der Waals surface area (Å²) < 4.78 is 11.5. The number of para-hydroxylation sites is 1. The number of hydrogen-bond donors (Lipinski definition) is 1. The van der Waals surface area contributed by atoms with Gasteiger partial charge in [-0.05, 0) is 42.8 Å². The number of benzene rings is 1. The molecule has 0 unspecified atom stereocenters. The van der Waals surface area contributed by atoms with Crippen molar-refractivity contribution in [3.05, 3.63) is 83.9 Å². The molecule has 7 nitrogen and oxygen atoms in total. The number of morpholine rings is 1. The Balaban J connectivity index is 1.26. The highest BCUT2D eigenvalue weighted by Gasteiger charge is 2.23. The normalized spacial score (nSPS) is 16.6. The van der Waals surface area contributed by atoms with Crippen molar-refractivity contribution in [1.29, 1.82) is 0 Å². The molecule has 1 fully saturated rings. The number of ether oxygens (including phenoxy) is 2. The van der Waals surface area contributed by atoms with Gasteiger partial charge >= 0.3 is 0 Å². The maximum atomic E-state index is 6.04. The Morgan fingerprint density at radius 3 is 2.85 bits per heavy atom. The molecule has 0 radical (unpaired) electrons. The van der Waals surface area contributed by atoms with Crippen LogP contribution >= 0.6 is 0 Å². The number of aryl methyl sites for hydroxylation is 1. The van der Waals surface area contributed by atoms with Gasteiger partial charge in [0.15, 0.2) is 0 Å². The van der Waals surface area contributed by atoms with E-state index in [1.165, 1.54) is 0 Å². The van der Waals surface area contributed by atoms with Crippen molar-refractivity contribution in [1.82, 2.24) is 19.9 Å². The first-order valence-corrected chi connectivity index (χ1v) is 11.1. The lowest BCUT2D eigenvalue weighted by Gasteiger charge is -2.32. The fourth-order valence-electron chi connectivity index (χ4n) is 4.09. The molecule has 1 N–H and O–H groups in total. The summed E-state index contributed by atoms with van der Waals surface area (Å²) in [6.07, 6.45) is 3.55. The Morgan fingerprint density at radius 1 is 1.09 bits per heavy atom. The Kier molecular flexibility index (Phi) is 6.15. The van der Waals surface area contributed by atoms with Crippen LogP contribution in [0.2, 0.25) is 0 Å². The van der Waals surface area contributed by atoms with Crippen molar-refractivity contribution in [3.63, 3.8) is 0 Å². The summed E-state index contributed by atoms with van der Waals surface area (Å²) in [7, 11) is 1.68. The lowest BCUT2D eigenvalue weighted by atomic mass is 10.1.